The number of fused-ring (bicyclic) bond motifs is 1. The molecule has 157 valence electrons. The maximum atomic E-state index is 10.0. The minimum absolute atomic E-state index is 0. The Morgan fingerprint density at radius 3 is 2.20 bits per heavy atom. The first kappa shape index (κ1) is 24.1. The van der Waals surface area contributed by atoms with E-state index in [9.17, 15) is 4.79 Å². The van der Waals surface area contributed by atoms with E-state index < -0.39 is 0 Å². The van der Waals surface area contributed by atoms with E-state index in [1.807, 2.05) is 18.2 Å². The van der Waals surface area contributed by atoms with Crippen LogP contribution in [-0.4, -0.2) is 20.9 Å². The summed E-state index contributed by atoms with van der Waals surface area (Å²) in [6.45, 7) is 7.02. The number of aliphatic hydroxyl groups excluding tert-OH is 1. The third-order valence-electron chi connectivity index (χ3n) is 3.79. The number of hydrogen-bond acceptors (Lipinski definition) is 6. The van der Waals surface area contributed by atoms with Crippen LogP contribution >= 0.6 is 22.7 Å². The summed E-state index contributed by atoms with van der Waals surface area (Å²) in [7, 11) is 0. The fourth-order valence-corrected chi connectivity index (χ4v) is 4.86. The smallest absolute Gasteiger partial charge is 0.172 e. The number of ketones is 1. The Bertz CT molecular complexity index is 1120. The van der Waals surface area contributed by atoms with Crippen LogP contribution in [0, 0.1) is 19.9 Å². The molecule has 0 saturated carbocycles. The molecule has 30 heavy (non-hydrogen) atoms. The molecule has 4 nitrogen and oxygen atoms in total. The number of nitrogens with zero attached hydrogens (tertiary/aromatic N) is 2. The molecule has 0 aliphatic heterocycles. The van der Waals surface area contributed by atoms with Gasteiger partial charge in [0.1, 0.15) is 9.02 Å². The zero-order valence-corrected chi connectivity index (χ0v) is 21.0. The van der Waals surface area contributed by atoms with E-state index >= 15 is 0 Å². The van der Waals surface area contributed by atoms with E-state index in [0.717, 1.165) is 32.4 Å². The number of thiazole rings is 2. The average molecular weight is 614 g/mol. The molecule has 0 bridgehead atoms. The minimum atomic E-state index is -0.125. The minimum Gasteiger partial charge on any atom is -0.512 e. The molecule has 0 unspecified atom stereocenters. The van der Waals surface area contributed by atoms with Crippen molar-refractivity contribution in [1.29, 1.82) is 0 Å². The number of carbonyl (C=O) groups excluding carboxylic acids is 1. The number of hydrogen-bond donors (Lipinski definition) is 1. The first-order valence-corrected chi connectivity index (χ1v) is 10.7. The molecule has 2 aromatic carbocycles. The number of carbonyl (C=O) groups is 1. The molecule has 0 aliphatic carbocycles. The first-order chi connectivity index (χ1) is 13.8. The molecule has 4 rings (SSSR count). The Kier molecular flexibility index (Phi) is 8.62. The van der Waals surface area contributed by atoms with Crippen molar-refractivity contribution < 1.29 is 30.0 Å². The van der Waals surface area contributed by atoms with Gasteiger partial charge in [0.25, 0.3) is 0 Å². The van der Waals surface area contributed by atoms with Gasteiger partial charge < -0.3 is 5.11 Å². The van der Waals surface area contributed by atoms with Crippen molar-refractivity contribution in [3.63, 3.8) is 0 Å². The summed E-state index contributed by atoms with van der Waals surface area (Å²) in [5.41, 5.74) is 5.44. The van der Waals surface area contributed by atoms with E-state index in [-0.39, 0.29) is 31.6 Å². The van der Waals surface area contributed by atoms with Gasteiger partial charge in [0.05, 0.1) is 5.76 Å². The normalized spacial score (nSPS) is 10.9. The van der Waals surface area contributed by atoms with Crippen LogP contribution in [0.25, 0.3) is 30.8 Å². The van der Waals surface area contributed by atoms with Gasteiger partial charge in [0.2, 0.25) is 0 Å². The number of aromatic nitrogens is 2. The molecule has 0 saturated heterocycles. The number of benzene rings is 2. The molecule has 0 spiro atoms. The molecule has 4 aromatic rings. The molecule has 0 fully saturated rings. The van der Waals surface area contributed by atoms with E-state index in [0.29, 0.717) is 0 Å². The van der Waals surface area contributed by atoms with Crippen molar-refractivity contribution in [3.8, 4) is 21.1 Å². The van der Waals surface area contributed by atoms with Crippen molar-refractivity contribution in [2.75, 3.05) is 0 Å². The maximum absolute atomic E-state index is 10.0. The van der Waals surface area contributed by atoms with Gasteiger partial charge in [-0.15, -0.1) is 46.2 Å². The molecule has 0 atom stereocenters. The molecule has 0 amide bonds. The van der Waals surface area contributed by atoms with Crippen molar-refractivity contribution in [2.45, 2.75) is 27.7 Å². The second-order valence-corrected chi connectivity index (χ2v) is 8.92. The molecule has 0 aliphatic rings. The topological polar surface area (TPSA) is 63.1 Å². The second-order valence-electron chi connectivity index (χ2n) is 6.67. The van der Waals surface area contributed by atoms with Crippen LogP contribution in [0.2, 0.25) is 0 Å². The van der Waals surface area contributed by atoms with Gasteiger partial charge in [-0.1, -0.05) is 44.2 Å². The predicted octanol–water partition coefficient (Wildman–Crippen LogP) is 6.54. The van der Waals surface area contributed by atoms with Crippen molar-refractivity contribution in [2.24, 2.45) is 0 Å². The van der Waals surface area contributed by atoms with Crippen LogP contribution in [0.1, 0.15) is 25.0 Å². The van der Waals surface area contributed by atoms with E-state index in [2.05, 4.69) is 49.2 Å². The number of aryl methyl sites for hydroxylation is 2. The number of allylic oxidation sites excluding steroid dienone is 2. The Hall–Kier alpha value is -2.18. The monoisotopic (exact) mass is 614 g/mol. The third-order valence-corrected chi connectivity index (χ3v) is 6.05. The SMILES string of the molecule is CC(=O)/C=C(/C)O.Cc1[c-]c(-c2nc3nc(-c4ccccc4)sc3s2)cc(C)c1.[Ir]. The van der Waals surface area contributed by atoms with Crippen LogP contribution < -0.4 is 0 Å². The fourth-order valence-electron chi connectivity index (χ4n) is 2.77. The van der Waals surface area contributed by atoms with E-state index in [1.54, 1.807) is 22.7 Å². The van der Waals surface area contributed by atoms with Crippen LogP contribution in [0.3, 0.4) is 0 Å². The zero-order valence-electron chi connectivity index (χ0n) is 17.0. The van der Waals surface area contributed by atoms with Gasteiger partial charge in [0, 0.05) is 36.8 Å². The molecule has 1 N–H and O–H groups in total. The second kappa shape index (κ2) is 10.7. The number of rotatable bonds is 3. The van der Waals surface area contributed by atoms with Gasteiger partial charge in [0.15, 0.2) is 11.4 Å². The molecule has 1 radical (unpaired) electrons. The van der Waals surface area contributed by atoms with Crippen LogP contribution in [0.5, 0.6) is 0 Å². The number of aliphatic hydroxyl groups is 1. The fraction of sp³-hybridized carbons (Fsp3) is 0.174. The Balaban J connectivity index is 0.000000350. The van der Waals surface area contributed by atoms with Gasteiger partial charge in [-0.05, 0) is 13.8 Å². The zero-order chi connectivity index (χ0) is 21.0. The summed E-state index contributed by atoms with van der Waals surface area (Å²) in [4.78, 5) is 19.4. The standard InChI is InChI=1S/C18H13N2S2.C5H8O2.Ir/c1-11-8-12(2)10-14(9-11)17-20-15-18(22-17)21-16(19-15)13-6-4-3-5-7-13;1-4(6)3-5(2)7;/h3-9H,1-2H3;3,6H,1-2H3;/q-1;;/b;4-3-;. The summed E-state index contributed by atoms with van der Waals surface area (Å²) in [5.74, 6) is -0.0625. The molecule has 7 heteroatoms. The molecular weight excluding hydrogens is 593 g/mol. The predicted molar refractivity (Wildman–Crippen MR) is 122 cm³/mol. The van der Waals surface area contributed by atoms with Crippen LogP contribution in [0.15, 0.2) is 54.3 Å². The largest absolute Gasteiger partial charge is 0.512 e. The summed E-state index contributed by atoms with van der Waals surface area (Å²) in [6, 6.07) is 17.9. The van der Waals surface area contributed by atoms with Gasteiger partial charge in [-0.25, -0.2) is 4.98 Å². The summed E-state index contributed by atoms with van der Waals surface area (Å²) in [5, 5.41) is 10.4. The van der Waals surface area contributed by atoms with Gasteiger partial charge in [-0.3, -0.25) is 9.78 Å². The van der Waals surface area contributed by atoms with Crippen molar-refractivity contribution >= 4 is 38.1 Å². The van der Waals surface area contributed by atoms with Crippen molar-refractivity contribution in [1.82, 2.24) is 9.97 Å². The molecular formula is C23H21IrN2O2S2-. The Morgan fingerprint density at radius 1 is 1.03 bits per heavy atom. The van der Waals surface area contributed by atoms with Crippen LogP contribution in [0.4, 0.5) is 0 Å². The Morgan fingerprint density at radius 2 is 1.67 bits per heavy atom. The summed E-state index contributed by atoms with van der Waals surface area (Å²) in [6.07, 6.45) is 1.17. The molecule has 2 aromatic heterocycles. The van der Waals surface area contributed by atoms with Gasteiger partial charge >= 0.3 is 0 Å². The van der Waals surface area contributed by atoms with Crippen molar-refractivity contribution in [3.05, 3.63) is 71.5 Å². The van der Waals surface area contributed by atoms with E-state index in [4.69, 9.17) is 10.1 Å². The quantitative estimate of drug-likeness (QED) is 0.162. The first-order valence-electron chi connectivity index (χ1n) is 9.03. The third kappa shape index (κ3) is 6.41. The van der Waals surface area contributed by atoms with Crippen LogP contribution in [-0.2, 0) is 24.9 Å². The Labute approximate surface area is 197 Å². The van der Waals surface area contributed by atoms with Gasteiger partial charge in [-0.2, -0.15) is 11.3 Å². The average Bonchev–Trinajstić information content (AvgIpc) is 3.20. The summed E-state index contributed by atoms with van der Waals surface area (Å²) < 4.78 is 1.17. The summed E-state index contributed by atoms with van der Waals surface area (Å²) >= 11 is 3.40. The van der Waals surface area contributed by atoms with E-state index in [1.165, 1.54) is 29.5 Å². The maximum Gasteiger partial charge on any atom is 0.172 e. The molecule has 2 heterocycles.